The van der Waals surface area contributed by atoms with Crippen molar-refractivity contribution in [1.29, 1.82) is 0 Å². The molecule has 2 heterocycles. The molecule has 1 aromatic carbocycles. The molecule has 0 saturated heterocycles. The molecule has 3 rings (SSSR count). The van der Waals surface area contributed by atoms with Gasteiger partial charge < -0.3 is 4.90 Å². The summed E-state index contributed by atoms with van der Waals surface area (Å²) in [5.74, 6) is 1.21. The summed E-state index contributed by atoms with van der Waals surface area (Å²) in [5.41, 5.74) is 3.26. The van der Waals surface area contributed by atoms with Gasteiger partial charge in [-0.05, 0) is 48.4 Å². The highest BCUT2D eigenvalue weighted by Crippen LogP contribution is 2.34. The summed E-state index contributed by atoms with van der Waals surface area (Å²) < 4.78 is 0. The predicted molar refractivity (Wildman–Crippen MR) is 86.8 cm³/mol. The van der Waals surface area contributed by atoms with Gasteiger partial charge in [-0.15, -0.1) is 11.8 Å². The summed E-state index contributed by atoms with van der Waals surface area (Å²) in [7, 11) is 0. The van der Waals surface area contributed by atoms with Gasteiger partial charge in [0, 0.05) is 23.8 Å². The Morgan fingerprint density at radius 3 is 3.10 bits per heavy atom. The van der Waals surface area contributed by atoms with E-state index in [2.05, 4.69) is 30.1 Å². The Morgan fingerprint density at radius 2 is 2.29 bits per heavy atom. The third-order valence-corrected chi connectivity index (χ3v) is 4.70. The molecule has 1 amide bonds. The van der Waals surface area contributed by atoms with Crippen molar-refractivity contribution in [2.75, 3.05) is 17.2 Å². The molecule has 1 aliphatic rings. The Labute approximate surface area is 129 Å². The summed E-state index contributed by atoms with van der Waals surface area (Å²) in [6, 6.07) is 10.2. The Bertz CT molecular complexity index is 642. The van der Waals surface area contributed by atoms with E-state index in [0.29, 0.717) is 6.42 Å². The van der Waals surface area contributed by atoms with Gasteiger partial charge in [-0.1, -0.05) is 12.1 Å². The van der Waals surface area contributed by atoms with E-state index >= 15 is 0 Å². The third kappa shape index (κ3) is 3.27. The third-order valence-electron chi connectivity index (χ3n) is 3.57. The molecule has 0 aliphatic carbocycles. The SMILES string of the molecule is Cc1ccc2c(c1)SCCCN2C(=O)Cc1cccnc1. The summed E-state index contributed by atoms with van der Waals surface area (Å²) in [6.07, 6.45) is 4.93. The van der Waals surface area contributed by atoms with Gasteiger partial charge in [0.2, 0.25) is 5.91 Å². The number of hydrogen-bond donors (Lipinski definition) is 0. The molecule has 0 bridgehead atoms. The van der Waals surface area contributed by atoms with Gasteiger partial charge in [-0.3, -0.25) is 9.78 Å². The summed E-state index contributed by atoms with van der Waals surface area (Å²) >= 11 is 1.84. The van der Waals surface area contributed by atoms with Crippen molar-refractivity contribution in [2.24, 2.45) is 0 Å². The number of nitrogens with zero attached hydrogens (tertiary/aromatic N) is 2. The van der Waals surface area contributed by atoms with Crippen LogP contribution in [0, 0.1) is 6.92 Å². The fraction of sp³-hybridized carbons (Fsp3) is 0.294. The lowest BCUT2D eigenvalue weighted by Gasteiger charge is -2.23. The normalized spacial score (nSPS) is 14.4. The summed E-state index contributed by atoms with van der Waals surface area (Å²) in [6.45, 7) is 2.88. The number of pyridine rings is 1. The van der Waals surface area contributed by atoms with Crippen LogP contribution >= 0.6 is 11.8 Å². The molecule has 1 aliphatic heterocycles. The van der Waals surface area contributed by atoms with Crippen LogP contribution in [0.15, 0.2) is 47.6 Å². The maximum Gasteiger partial charge on any atom is 0.231 e. The second-order valence-corrected chi connectivity index (χ2v) is 6.39. The number of anilines is 1. The second kappa shape index (κ2) is 6.31. The highest BCUT2D eigenvalue weighted by molar-refractivity contribution is 7.99. The molecule has 0 atom stereocenters. The molecule has 0 radical (unpaired) electrons. The van der Waals surface area contributed by atoms with Crippen molar-refractivity contribution in [3.05, 3.63) is 53.9 Å². The molecule has 0 N–H and O–H groups in total. The minimum atomic E-state index is 0.149. The van der Waals surface area contributed by atoms with Gasteiger partial charge in [0.1, 0.15) is 0 Å². The first-order chi connectivity index (χ1) is 10.2. The second-order valence-electron chi connectivity index (χ2n) is 5.26. The Kier molecular flexibility index (Phi) is 4.25. The number of benzene rings is 1. The van der Waals surface area contributed by atoms with Crippen LogP contribution in [0.5, 0.6) is 0 Å². The Hall–Kier alpha value is -1.81. The highest BCUT2D eigenvalue weighted by Gasteiger charge is 2.21. The zero-order valence-corrected chi connectivity index (χ0v) is 12.9. The van der Waals surface area contributed by atoms with Gasteiger partial charge in [-0.2, -0.15) is 0 Å². The van der Waals surface area contributed by atoms with Crippen molar-refractivity contribution in [3.8, 4) is 0 Å². The van der Waals surface area contributed by atoms with Crippen molar-refractivity contribution in [1.82, 2.24) is 4.98 Å². The standard InChI is InChI=1S/C17H18N2OS/c1-13-5-6-15-16(10-13)21-9-3-8-19(15)17(20)11-14-4-2-7-18-12-14/h2,4-7,10,12H,3,8-9,11H2,1H3. The number of fused-ring (bicyclic) bond motifs is 1. The van der Waals surface area contributed by atoms with Crippen LogP contribution in [0.4, 0.5) is 5.69 Å². The minimum Gasteiger partial charge on any atom is -0.311 e. The molecule has 4 heteroatoms. The van der Waals surface area contributed by atoms with E-state index < -0.39 is 0 Å². The molecule has 1 aromatic heterocycles. The van der Waals surface area contributed by atoms with Crippen LogP contribution in [0.25, 0.3) is 0 Å². The maximum absolute atomic E-state index is 12.7. The average molecular weight is 298 g/mol. The maximum atomic E-state index is 12.7. The van der Waals surface area contributed by atoms with Crippen LogP contribution < -0.4 is 4.90 Å². The average Bonchev–Trinajstić information content (AvgIpc) is 2.70. The van der Waals surface area contributed by atoms with E-state index in [0.717, 1.165) is 30.0 Å². The zero-order valence-electron chi connectivity index (χ0n) is 12.1. The molecule has 21 heavy (non-hydrogen) atoms. The zero-order chi connectivity index (χ0) is 14.7. The van der Waals surface area contributed by atoms with Crippen molar-refractivity contribution in [3.63, 3.8) is 0 Å². The fourth-order valence-corrected chi connectivity index (χ4v) is 3.61. The number of hydrogen-bond acceptors (Lipinski definition) is 3. The fourth-order valence-electron chi connectivity index (χ4n) is 2.52. The van der Waals surface area contributed by atoms with Crippen LogP contribution in [-0.2, 0) is 11.2 Å². The minimum absolute atomic E-state index is 0.149. The van der Waals surface area contributed by atoms with Gasteiger partial charge in [0.05, 0.1) is 12.1 Å². The van der Waals surface area contributed by atoms with Gasteiger partial charge in [0.25, 0.3) is 0 Å². The number of carbonyl (C=O) groups excluding carboxylic acids is 1. The van der Waals surface area contributed by atoms with E-state index in [1.54, 1.807) is 12.4 Å². The van der Waals surface area contributed by atoms with Crippen molar-refractivity contribution < 1.29 is 4.79 Å². The monoisotopic (exact) mass is 298 g/mol. The number of aryl methyl sites for hydroxylation is 1. The smallest absolute Gasteiger partial charge is 0.231 e. The van der Waals surface area contributed by atoms with Crippen molar-refractivity contribution in [2.45, 2.75) is 24.7 Å². The Morgan fingerprint density at radius 1 is 1.38 bits per heavy atom. The quantitative estimate of drug-likeness (QED) is 0.851. The highest BCUT2D eigenvalue weighted by atomic mass is 32.2. The molecule has 0 fully saturated rings. The van der Waals surface area contributed by atoms with E-state index in [9.17, 15) is 4.79 Å². The lowest BCUT2D eigenvalue weighted by Crippen LogP contribution is -2.33. The van der Waals surface area contributed by atoms with Crippen LogP contribution in [0.1, 0.15) is 17.5 Å². The molecule has 0 saturated carbocycles. The lowest BCUT2D eigenvalue weighted by atomic mass is 10.1. The molecule has 108 valence electrons. The number of thioether (sulfide) groups is 1. The first-order valence-corrected chi connectivity index (χ1v) is 8.15. The van der Waals surface area contributed by atoms with Crippen molar-refractivity contribution >= 4 is 23.4 Å². The van der Waals surface area contributed by atoms with E-state index in [1.807, 2.05) is 28.8 Å². The molecule has 3 nitrogen and oxygen atoms in total. The van der Waals surface area contributed by atoms with E-state index in [-0.39, 0.29) is 5.91 Å². The number of carbonyl (C=O) groups is 1. The molecular weight excluding hydrogens is 280 g/mol. The predicted octanol–water partition coefficient (Wildman–Crippen LogP) is 3.46. The molecule has 2 aromatic rings. The number of rotatable bonds is 2. The van der Waals surface area contributed by atoms with Crippen LogP contribution in [0.3, 0.4) is 0 Å². The van der Waals surface area contributed by atoms with Gasteiger partial charge >= 0.3 is 0 Å². The largest absolute Gasteiger partial charge is 0.311 e. The molecule has 0 spiro atoms. The van der Waals surface area contributed by atoms with Crippen LogP contribution in [0.2, 0.25) is 0 Å². The van der Waals surface area contributed by atoms with Gasteiger partial charge in [-0.25, -0.2) is 0 Å². The first kappa shape index (κ1) is 14.1. The van der Waals surface area contributed by atoms with E-state index in [4.69, 9.17) is 0 Å². The number of amides is 1. The molecular formula is C17H18N2OS. The topological polar surface area (TPSA) is 33.2 Å². The lowest BCUT2D eigenvalue weighted by molar-refractivity contribution is -0.118. The number of aromatic nitrogens is 1. The summed E-state index contributed by atoms with van der Waals surface area (Å²) in [5, 5.41) is 0. The first-order valence-electron chi connectivity index (χ1n) is 7.17. The van der Waals surface area contributed by atoms with Gasteiger partial charge in [0.15, 0.2) is 0 Å². The van der Waals surface area contributed by atoms with E-state index in [1.165, 1.54) is 10.5 Å². The van der Waals surface area contributed by atoms with Crippen LogP contribution in [-0.4, -0.2) is 23.2 Å². The summed E-state index contributed by atoms with van der Waals surface area (Å²) in [4.78, 5) is 19.9. The Balaban J connectivity index is 1.86. The molecule has 0 unspecified atom stereocenters.